The van der Waals surface area contributed by atoms with Crippen molar-refractivity contribution in [3.05, 3.63) is 59.8 Å². The molecule has 1 aliphatic rings. The van der Waals surface area contributed by atoms with Crippen LogP contribution in [-0.2, 0) is 11.2 Å². The number of carbonyl (C=O) groups is 2. The van der Waals surface area contributed by atoms with E-state index < -0.39 is 0 Å². The van der Waals surface area contributed by atoms with Crippen molar-refractivity contribution in [2.24, 2.45) is 0 Å². The van der Waals surface area contributed by atoms with Gasteiger partial charge in [-0.25, -0.2) is 0 Å². The summed E-state index contributed by atoms with van der Waals surface area (Å²) in [6.45, 7) is 0.434. The first-order valence-corrected chi connectivity index (χ1v) is 8.11. The number of para-hydroxylation sites is 2. The fraction of sp³-hybridized carbons (Fsp3) is 0.158. The molecule has 0 fully saturated rings. The number of amides is 2. The molecule has 3 N–H and O–H groups in total. The first-order chi connectivity index (χ1) is 12.2. The molecule has 2 amide bonds. The first-order valence-electron chi connectivity index (χ1n) is 8.11. The largest absolute Gasteiger partial charge is 0.481 e. The van der Waals surface area contributed by atoms with E-state index in [4.69, 9.17) is 4.74 Å². The van der Waals surface area contributed by atoms with E-state index in [9.17, 15) is 9.59 Å². The molecule has 0 saturated carbocycles. The minimum Gasteiger partial charge on any atom is -0.481 e. The average molecular weight is 335 g/mol. The number of nitrogens with one attached hydrogen (secondary N) is 3. The van der Waals surface area contributed by atoms with Gasteiger partial charge in [0, 0.05) is 23.6 Å². The summed E-state index contributed by atoms with van der Waals surface area (Å²) in [7, 11) is 0. The maximum atomic E-state index is 12.5. The van der Waals surface area contributed by atoms with E-state index in [1.54, 1.807) is 18.2 Å². The number of hydrogen-bond donors (Lipinski definition) is 3. The number of aromatic amines is 1. The Hall–Kier alpha value is -3.28. The van der Waals surface area contributed by atoms with Crippen LogP contribution in [0.1, 0.15) is 15.9 Å². The summed E-state index contributed by atoms with van der Waals surface area (Å²) in [5.41, 5.74) is 3.21. The predicted octanol–water partition coefficient (Wildman–Crippen LogP) is 2.47. The molecular weight excluding hydrogens is 318 g/mol. The second-order valence-electron chi connectivity index (χ2n) is 5.88. The minimum absolute atomic E-state index is 0.0768. The van der Waals surface area contributed by atoms with E-state index in [1.165, 1.54) is 5.39 Å². The molecule has 0 radical (unpaired) electrons. The lowest BCUT2D eigenvalue weighted by Crippen LogP contribution is -2.30. The lowest BCUT2D eigenvalue weighted by atomic mass is 10.1. The quantitative estimate of drug-likeness (QED) is 0.685. The highest BCUT2D eigenvalue weighted by atomic mass is 16.5. The standard InChI is InChI=1S/C19H17N3O3/c23-17-11-25-18-14(5-3-7-16(18)22-17)19(24)20-9-8-12-10-21-15-6-2-1-4-13(12)15/h1-7,10,21H,8-9,11H2,(H,20,24)(H,22,23). The van der Waals surface area contributed by atoms with Gasteiger partial charge in [-0.05, 0) is 30.2 Å². The molecule has 25 heavy (non-hydrogen) atoms. The summed E-state index contributed by atoms with van der Waals surface area (Å²) in [5.74, 6) is -0.0103. The zero-order chi connectivity index (χ0) is 17.2. The zero-order valence-corrected chi connectivity index (χ0v) is 13.5. The predicted molar refractivity (Wildman–Crippen MR) is 94.9 cm³/mol. The number of rotatable bonds is 4. The molecule has 0 spiro atoms. The molecule has 6 heteroatoms. The number of H-pyrrole nitrogens is 1. The zero-order valence-electron chi connectivity index (χ0n) is 13.5. The molecule has 0 bridgehead atoms. The van der Waals surface area contributed by atoms with Gasteiger partial charge in [0.2, 0.25) is 0 Å². The summed E-state index contributed by atoms with van der Waals surface area (Å²) in [5, 5.41) is 6.79. The highest BCUT2D eigenvalue weighted by Crippen LogP contribution is 2.31. The van der Waals surface area contributed by atoms with Crippen molar-refractivity contribution in [2.75, 3.05) is 18.5 Å². The van der Waals surface area contributed by atoms with Crippen molar-refractivity contribution in [1.29, 1.82) is 0 Å². The van der Waals surface area contributed by atoms with Gasteiger partial charge in [0.1, 0.15) is 0 Å². The van der Waals surface area contributed by atoms with Crippen LogP contribution in [0.25, 0.3) is 10.9 Å². The fourth-order valence-electron chi connectivity index (χ4n) is 3.04. The molecule has 0 aliphatic carbocycles. The second-order valence-corrected chi connectivity index (χ2v) is 5.88. The van der Waals surface area contributed by atoms with Crippen LogP contribution in [0, 0.1) is 0 Å². The molecule has 0 saturated heterocycles. The van der Waals surface area contributed by atoms with Crippen LogP contribution in [0.15, 0.2) is 48.7 Å². The maximum Gasteiger partial charge on any atom is 0.262 e. The number of carbonyl (C=O) groups excluding carboxylic acids is 2. The number of anilines is 1. The number of ether oxygens (including phenoxy) is 1. The summed E-state index contributed by atoms with van der Waals surface area (Å²) < 4.78 is 5.42. The van der Waals surface area contributed by atoms with Crippen molar-refractivity contribution in [1.82, 2.24) is 10.3 Å². The molecule has 4 rings (SSSR count). The van der Waals surface area contributed by atoms with Crippen LogP contribution >= 0.6 is 0 Å². The third-order valence-electron chi connectivity index (χ3n) is 4.24. The molecule has 1 aromatic heterocycles. The molecule has 6 nitrogen and oxygen atoms in total. The normalized spacial score (nSPS) is 13.0. The monoisotopic (exact) mass is 335 g/mol. The van der Waals surface area contributed by atoms with Gasteiger partial charge in [-0.1, -0.05) is 24.3 Å². The lowest BCUT2D eigenvalue weighted by Gasteiger charge is -2.20. The highest BCUT2D eigenvalue weighted by molar-refractivity contribution is 6.03. The van der Waals surface area contributed by atoms with Gasteiger partial charge < -0.3 is 20.4 Å². The number of hydrogen-bond acceptors (Lipinski definition) is 3. The van der Waals surface area contributed by atoms with Gasteiger partial charge in [-0.2, -0.15) is 0 Å². The molecule has 3 aromatic rings. The molecule has 0 unspecified atom stereocenters. The Kier molecular flexibility index (Phi) is 3.85. The Morgan fingerprint density at radius 1 is 1.16 bits per heavy atom. The summed E-state index contributed by atoms with van der Waals surface area (Å²) >= 11 is 0. The highest BCUT2D eigenvalue weighted by Gasteiger charge is 2.22. The van der Waals surface area contributed by atoms with E-state index in [0.29, 0.717) is 23.5 Å². The topological polar surface area (TPSA) is 83.2 Å². The number of fused-ring (bicyclic) bond motifs is 2. The van der Waals surface area contributed by atoms with Crippen LogP contribution in [0.4, 0.5) is 5.69 Å². The Morgan fingerprint density at radius 2 is 2.04 bits per heavy atom. The fourth-order valence-corrected chi connectivity index (χ4v) is 3.04. The molecule has 0 atom stereocenters. The van der Waals surface area contributed by atoms with Crippen molar-refractivity contribution < 1.29 is 14.3 Å². The summed E-state index contributed by atoms with van der Waals surface area (Å²) in [4.78, 5) is 27.1. The lowest BCUT2D eigenvalue weighted by molar-refractivity contribution is -0.118. The Labute approximate surface area is 144 Å². The average Bonchev–Trinajstić information content (AvgIpc) is 3.04. The van der Waals surface area contributed by atoms with Crippen molar-refractivity contribution in [3.8, 4) is 5.75 Å². The van der Waals surface area contributed by atoms with Crippen molar-refractivity contribution >= 4 is 28.4 Å². The second kappa shape index (κ2) is 6.32. The van der Waals surface area contributed by atoms with Crippen LogP contribution < -0.4 is 15.4 Å². The van der Waals surface area contributed by atoms with Crippen LogP contribution in [0.5, 0.6) is 5.75 Å². The van der Waals surface area contributed by atoms with E-state index >= 15 is 0 Å². The van der Waals surface area contributed by atoms with Gasteiger partial charge >= 0.3 is 0 Å². The summed E-state index contributed by atoms with van der Waals surface area (Å²) in [6, 6.07) is 13.2. The van der Waals surface area contributed by atoms with Crippen LogP contribution in [0.2, 0.25) is 0 Å². The number of aromatic nitrogens is 1. The Balaban J connectivity index is 1.45. The molecule has 126 valence electrons. The van der Waals surface area contributed by atoms with Crippen molar-refractivity contribution in [3.63, 3.8) is 0 Å². The number of benzene rings is 2. The van der Waals surface area contributed by atoms with Crippen LogP contribution in [-0.4, -0.2) is 29.9 Å². The molecule has 2 aromatic carbocycles. The SMILES string of the molecule is O=C1COc2c(cccc2C(=O)NCCc2c[nH]c3ccccc23)N1. The van der Waals surface area contributed by atoms with E-state index in [-0.39, 0.29) is 18.4 Å². The Bertz CT molecular complexity index is 961. The maximum absolute atomic E-state index is 12.5. The van der Waals surface area contributed by atoms with Gasteiger partial charge in [-0.3, -0.25) is 9.59 Å². The van der Waals surface area contributed by atoms with Gasteiger partial charge in [0.15, 0.2) is 12.4 Å². The van der Waals surface area contributed by atoms with Gasteiger partial charge in [-0.15, -0.1) is 0 Å². The smallest absolute Gasteiger partial charge is 0.262 e. The van der Waals surface area contributed by atoms with Gasteiger partial charge in [0.05, 0.1) is 11.3 Å². The van der Waals surface area contributed by atoms with Crippen LogP contribution in [0.3, 0.4) is 0 Å². The van der Waals surface area contributed by atoms with Gasteiger partial charge in [0.25, 0.3) is 11.8 Å². The minimum atomic E-state index is -0.218. The summed E-state index contributed by atoms with van der Waals surface area (Å²) in [6.07, 6.45) is 2.70. The molecule has 2 heterocycles. The Morgan fingerprint density at radius 3 is 2.96 bits per heavy atom. The van der Waals surface area contributed by atoms with E-state index in [0.717, 1.165) is 17.5 Å². The van der Waals surface area contributed by atoms with E-state index in [2.05, 4.69) is 21.7 Å². The third-order valence-corrected chi connectivity index (χ3v) is 4.24. The molecular formula is C19H17N3O3. The molecule has 1 aliphatic heterocycles. The first kappa shape index (κ1) is 15.3. The van der Waals surface area contributed by atoms with E-state index in [1.807, 2.05) is 24.4 Å². The van der Waals surface area contributed by atoms with Crippen molar-refractivity contribution in [2.45, 2.75) is 6.42 Å². The third kappa shape index (κ3) is 2.94.